The molecule has 124 valence electrons. The summed E-state index contributed by atoms with van der Waals surface area (Å²) < 4.78 is 5.15. The Hall–Kier alpha value is -1.88. The summed E-state index contributed by atoms with van der Waals surface area (Å²) in [7, 11) is 1.56. The Morgan fingerprint density at radius 1 is 1.13 bits per heavy atom. The van der Waals surface area contributed by atoms with Crippen molar-refractivity contribution >= 4 is 24.0 Å². The SMILES string of the molecule is COC(CN)CC(=O)Nc1ccccc1Cc1ccccc1.Cl. The summed E-state index contributed by atoms with van der Waals surface area (Å²) >= 11 is 0. The van der Waals surface area contributed by atoms with Crippen LogP contribution in [0.2, 0.25) is 0 Å². The summed E-state index contributed by atoms with van der Waals surface area (Å²) in [6.07, 6.45) is 0.787. The minimum Gasteiger partial charge on any atom is -0.380 e. The second-order valence-corrected chi connectivity index (χ2v) is 5.17. The van der Waals surface area contributed by atoms with E-state index in [0.29, 0.717) is 6.54 Å². The zero-order valence-electron chi connectivity index (χ0n) is 13.2. The number of hydrogen-bond acceptors (Lipinski definition) is 3. The first-order valence-electron chi connectivity index (χ1n) is 7.37. The summed E-state index contributed by atoms with van der Waals surface area (Å²) in [6, 6.07) is 18.0. The maximum Gasteiger partial charge on any atom is 0.227 e. The van der Waals surface area contributed by atoms with Gasteiger partial charge in [0.1, 0.15) is 0 Å². The number of methoxy groups -OCH3 is 1. The monoisotopic (exact) mass is 334 g/mol. The van der Waals surface area contributed by atoms with Crippen LogP contribution in [0.5, 0.6) is 0 Å². The van der Waals surface area contributed by atoms with Crippen molar-refractivity contribution in [3.8, 4) is 0 Å². The van der Waals surface area contributed by atoms with Gasteiger partial charge in [-0.25, -0.2) is 0 Å². The minimum absolute atomic E-state index is 0. The molecule has 0 spiro atoms. The van der Waals surface area contributed by atoms with E-state index in [1.165, 1.54) is 5.56 Å². The quantitative estimate of drug-likeness (QED) is 0.818. The predicted octanol–water partition coefficient (Wildman–Crippen LogP) is 3.00. The molecule has 1 unspecified atom stereocenters. The molecule has 0 bridgehead atoms. The molecule has 1 amide bonds. The van der Waals surface area contributed by atoms with E-state index in [2.05, 4.69) is 17.4 Å². The maximum absolute atomic E-state index is 12.1. The van der Waals surface area contributed by atoms with Crippen LogP contribution >= 0.6 is 12.4 Å². The van der Waals surface area contributed by atoms with E-state index in [9.17, 15) is 4.79 Å². The summed E-state index contributed by atoms with van der Waals surface area (Å²) in [5.41, 5.74) is 8.68. The third kappa shape index (κ3) is 6.02. The first-order chi connectivity index (χ1) is 10.7. The smallest absolute Gasteiger partial charge is 0.227 e. The molecule has 0 aliphatic rings. The molecule has 3 N–H and O–H groups in total. The minimum atomic E-state index is -0.249. The average molecular weight is 335 g/mol. The molecule has 0 saturated carbocycles. The van der Waals surface area contributed by atoms with Crippen LogP contribution < -0.4 is 11.1 Å². The Morgan fingerprint density at radius 2 is 1.78 bits per heavy atom. The summed E-state index contributed by atoms with van der Waals surface area (Å²) in [5, 5.41) is 2.96. The number of ether oxygens (including phenoxy) is 1. The van der Waals surface area contributed by atoms with Crippen molar-refractivity contribution < 1.29 is 9.53 Å². The van der Waals surface area contributed by atoms with Gasteiger partial charge in [0.15, 0.2) is 0 Å². The second-order valence-electron chi connectivity index (χ2n) is 5.17. The van der Waals surface area contributed by atoms with E-state index in [0.717, 1.165) is 17.7 Å². The molecule has 0 saturated heterocycles. The lowest BCUT2D eigenvalue weighted by Gasteiger charge is -2.14. The standard InChI is InChI=1S/C18H22N2O2.ClH/c1-22-16(13-19)12-18(21)20-17-10-6-5-9-15(17)11-14-7-3-2-4-8-14;/h2-10,16H,11-13,19H2,1H3,(H,20,21);1H. The van der Waals surface area contributed by atoms with Crippen LogP contribution in [-0.2, 0) is 16.0 Å². The molecule has 0 aromatic heterocycles. The molecule has 5 heteroatoms. The first kappa shape index (κ1) is 19.2. The number of rotatable bonds is 7. The lowest BCUT2D eigenvalue weighted by atomic mass is 10.0. The van der Waals surface area contributed by atoms with Crippen molar-refractivity contribution in [1.29, 1.82) is 0 Å². The Bertz CT molecular complexity index is 601. The fourth-order valence-corrected chi connectivity index (χ4v) is 2.28. The van der Waals surface area contributed by atoms with Crippen molar-refractivity contribution in [2.45, 2.75) is 18.9 Å². The Kier molecular flexibility index (Phi) is 8.33. The fraction of sp³-hybridized carbons (Fsp3) is 0.278. The van der Waals surface area contributed by atoms with Gasteiger partial charge in [0.2, 0.25) is 5.91 Å². The number of carbonyl (C=O) groups is 1. The van der Waals surface area contributed by atoms with Crippen LogP contribution in [0.1, 0.15) is 17.5 Å². The van der Waals surface area contributed by atoms with Gasteiger partial charge >= 0.3 is 0 Å². The van der Waals surface area contributed by atoms with Crippen LogP contribution in [0.25, 0.3) is 0 Å². The first-order valence-corrected chi connectivity index (χ1v) is 7.37. The highest BCUT2D eigenvalue weighted by Crippen LogP contribution is 2.19. The number of halogens is 1. The van der Waals surface area contributed by atoms with Gasteiger partial charge in [0.05, 0.1) is 12.5 Å². The number of benzene rings is 2. The average Bonchev–Trinajstić information content (AvgIpc) is 2.55. The number of nitrogens with two attached hydrogens (primary N) is 1. The topological polar surface area (TPSA) is 64.3 Å². The summed E-state index contributed by atoms with van der Waals surface area (Å²) in [5.74, 6) is -0.0854. The van der Waals surface area contributed by atoms with Gasteiger partial charge < -0.3 is 15.8 Å². The molecule has 0 aliphatic heterocycles. The molecule has 0 aliphatic carbocycles. The van der Waals surface area contributed by atoms with Crippen molar-refractivity contribution in [3.05, 3.63) is 65.7 Å². The highest BCUT2D eigenvalue weighted by atomic mass is 35.5. The van der Waals surface area contributed by atoms with Gasteiger partial charge in [-0.2, -0.15) is 0 Å². The van der Waals surface area contributed by atoms with Gasteiger partial charge in [-0.3, -0.25) is 4.79 Å². The number of amides is 1. The second kappa shape index (κ2) is 10.0. The molecule has 0 heterocycles. The van der Waals surface area contributed by atoms with Gasteiger partial charge in [-0.15, -0.1) is 12.4 Å². The van der Waals surface area contributed by atoms with Crippen LogP contribution in [0.3, 0.4) is 0 Å². The highest BCUT2D eigenvalue weighted by Gasteiger charge is 2.13. The van der Waals surface area contributed by atoms with Crippen LogP contribution in [0.15, 0.2) is 54.6 Å². The number of anilines is 1. The number of para-hydroxylation sites is 1. The van der Waals surface area contributed by atoms with E-state index in [1.807, 2.05) is 42.5 Å². The zero-order chi connectivity index (χ0) is 15.8. The molecule has 2 aromatic rings. The predicted molar refractivity (Wildman–Crippen MR) is 96.0 cm³/mol. The molecule has 1 atom stereocenters. The van der Waals surface area contributed by atoms with Crippen molar-refractivity contribution in [2.75, 3.05) is 19.0 Å². The zero-order valence-corrected chi connectivity index (χ0v) is 14.0. The van der Waals surface area contributed by atoms with Gasteiger partial charge in [-0.05, 0) is 23.6 Å². The van der Waals surface area contributed by atoms with Crippen LogP contribution in [-0.4, -0.2) is 25.7 Å². The van der Waals surface area contributed by atoms with Gasteiger partial charge in [0.25, 0.3) is 0 Å². The number of hydrogen-bond donors (Lipinski definition) is 2. The van der Waals surface area contributed by atoms with Crippen LogP contribution in [0.4, 0.5) is 5.69 Å². The molecular formula is C18H23ClN2O2. The van der Waals surface area contributed by atoms with Crippen LogP contribution in [0, 0.1) is 0 Å². The Morgan fingerprint density at radius 3 is 2.43 bits per heavy atom. The lowest BCUT2D eigenvalue weighted by Crippen LogP contribution is -2.28. The fourth-order valence-electron chi connectivity index (χ4n) is 2.28. The van der Waals surface area contributed by atoms with Crippen molar-refractivity contribution in [3.63, 3.8) is 0 Å². The van der Waals surface area contributed by atoms with E-state index >= 15 is 0 Å². The van der Waals surface area contributed by atoms with E-state index in [4.69, 9.17) is 10.5 Å². The lowest BCUT2D eigenvalue weighted by molar-refractivity contribution is -0.118. The molecule has 0 radical (unpaired) electrons. The summed E-state index contributed by atoms with van der Waals surface area (Å²) in [4.78, 5) is 12.1. The molecular weight excluding hydrogens is 312 g/mol. The van der Waals surface area contributed by atoms with Crippen molar-refractivity contribution in [1.82, 2.24) is 0 Å². The normalized spacial score (nSPS) is 11.4. The summed E-state index contributed by atoms with van der Waals surface area (Å²) in [6.45, 7) is 0.329. The van der Waals surface area contributed by atoms with E-state index in [-0.39, 0.29) is 30.8 Å². The highest BCUT2D eigenvalue weighted by molar-refractivity contribution is 5.91. The Balaban J connectivity index is 0.00000264. The maximum atomic E-state index is 12.1. The molecule has 2 rings (SSSR count). The number of nitrogens with one attached hydrogen (secondary N) is 1. The van der Waals surface area contributed by atoms with Gasteiger partial charge in [-0.1, -0.05) is 48.5 Å². The molecule has 2 aromatic carbocycles. The van der Waals surface area contributed by atoms with Crippen molar-refractivity contribution in [2.24, 2.45) is 5.73 Å². The third-order valence-electron chi connectivity index (χ3n) is 3.54. The number of carbonyl (C=O) groups excluding carboxylic acids is 1. The van der Waals surface area contributed by atoms with E-state index < -0.39 is 0 Å². The Labute approximate surface area is 143 Å². The molecule has 23 heavy (non-hydrogen) atoms. The van der Waals surface area contributed by atoms with E-state index in [1.54, 1.807) is 7.11 Å². The molecule has 4 nitrogen and oxygen atoms in total. The largest absolute Gasteiger partial charge is 0.380 e. The van der Waals surface area contributed by atoms with Gasteiger partial charge in [0, 0.05) is 19.3 Å². The molecule has 0 fully saturated rings. The third-order valence-corrected chi connectivity index (χ3v) is 3.54.